The normalized spacial score (nSPS) is 24.0. The van der Waals surface area contributed by atoms with Crippen LogP contribution in [0.4, 0.5) is 0 Å². The molecule has 1 unspecified atom stereocenters. The van der Waals surface area contributed by atoms with Crippen LogP contribution < -0.4 is 10.6 Å². The molecule has 0 bridgehead atoms. The number of rotatable bonds is 7. The van der Waals surface area contributed by atoms with Gasteiger partial charge in [0.2, 0.25) is 5.91 Å². The molecule has 5 nitrogen and oxygen atoms in total. The van der Waals surface area contributed by atoms with E-state index in [9.17, 15) is 4.79 Å². The first-order valence-electron chi connectivity index (χ1n) is 9.68. The summed E-state index contributed by atoms with van der Waals surface area (Å²) in [5.74, 6) is 0.0527. The van der Waals surface area contributed by atoms with Crippen molar-refractivity contribution in [3.8, 4) is 0 Å². The molecule has 0 aromatic heterocycles. The second-order valence-electron chi connectivity index (χ2n) is 8.77. The maximum atomic E-state index is 11.3. The average molecular weight is 339 g/mol. The molecule has 0 aromatic carbocycles. The van der Waals surface area contributed by atoms with Gasteiger partial charge >= 0.3 is 0 Å². The third kappa shape index (κ3) is 5.43. The fourth-order valence-electron chi connectivity index (χ4n) is 4.65. The summed E-state index contributed by atoms with van der Waals surface area (Å²) >= 11 is 0. The van der Waals surface area contributed by atoms with Crippen molar-refractivity contribution in [1.82, 2.24) is 20.4 Å². The number of nitrogens with zero attached hydrogens (tertiary/aromatic N) is 2. The van der Waals surface area contributed by atoms with Gasteiger partial charge in [-0.15, -0.1) is 0 Å². The standard InChI is InChI=1S/C19H38N4O/c1-16(14-18(3,4)21-17(2)24)20-15-19(8-6-7-9-19)23-12-10-22(5)11-13-23/h16,20H,6-15H2,1-5H3,(H,21,24). The molecule has 0 radical (unpaired) electrons. The summed E-state index contributed by atoms with van der Waals surface area (Å²) in [6.07, 6.45) is 6.32. The number of piperazine rings is 1. The van der Waals surface area contributed by atoms with Crippen LogP contribution in [0.5, 0.6) is 0 Å². The Hall–Kier alpha value is -0.650. The molecule has 2 rings (SSSR count). The largest absolute Gasteiger partial charge is 0.351 e. The first-order chi connectivity index (χ1) is 11.2. The van der Waals surface area contributed by atoms with E-state index in [-0.39, 0.29) is 11.4 Å². The van der Waals surface area contributed by atoms with E-state index in [0.29, 0.717) is 11.6 Å². The van der Waals surface area contributed by atoms with Crippen molar-refractivity contribution in [2.45, 2.75) is 76.9 Å². The summed E-state index contributed by atoms with van der Waals surface area (Å²) in [6, 6.07) is 0.400. The topological polar surface area (TPSA) is 47.6 Å². The summed E-state index contributed by atoms with van der Waals surface area (Å²) in [5.41, 5.74) is 0.197. The Balaban J connectivity index is 1.88. The molecule has 5 heteroatoms. The molecule has 0 spiro atoms. The lowest BCUT2D eigenvalue weighted by Gasteiger charge is -2.46. The molecule has 2 aliphatic rings. The minimum absolute atomic E-state index is 0.0527. The van der Waals surface area contributed by atoms with Crippen LogP contribution in [0.3, 0.4) is 0 Å². The van der Waals surface area contributed by atoms with E-state index in [4.69, 9.17) is 0 Å². The van der Waals surface area contributed by atoms with E-state index in [1.807, 2.05) is 0 Å². The van der Waals surface area contributed by atoms with Crippen molar-refractivity contribution in [2.24, 2.45) is 0 Å². The van der Waals surface area contributed by atoms with Crippen LogP contribution in [0, 0.1) is 0 Å². The van der Waals surface area contributed by atoms with Crippen LogP contribution in [-0.2, 0) is 4.79 Å². The first kappa shape index (κ1) is 19.7. The summed E-state index contributed by atoms with van der Waals surface area (Å²) in [6.45, 7) is 13.9. The smallest absolute Gasteiger partial charge is 0.217 e. The minimum Gasteiger partial charge on any atom is -0.351 e. The predicted octanol–water partition coefficient (Wildman–Crippen LogP) is 1.83. The lowest BCUT2D eigenvalue weighted by atomic mass is 9.91. The number of amides is 1. The Kier molecular flexibility index (Phi) is 6.68. The highest BCUT2D eigenvalue weighted by molar-refractivity contribution is 5.73. The Morgan fingerprint density at radius 3 is 2.29 bits per heavy atom. The van der Waals surface area contributed by atoms with E-state index in [1.165, 1.54) is 51.9 Å². The maximum Gasteiger partial charge on any atom is 0.217 e. The van der Waals surface area contributed by atoms with E-state index < -0.39 is 0 Å². The molecular formula is C19H38N4O. The van der Waals surface area contributed by atoms with Crippen LogP contribution in [0.2, 0.25) is 0 Å². The number of hydrogen-bond donors (Lipinski definition) is 2. The summed E-state index contributed by atoms with van der Waals surface area (Å²) in [5, 5.41) is 6.86. The van der Waals surface area contributed by atoms with E-state index >= 15 is 0 Å². The van der Waals surface area contributed by atoms with E-state index in [1.54, 1.807) is 6.92 Å². The van der Waals surface area contributed by atoms with Gasteiger partial charge < -0.3 is 15.5 Å². The molecule has 140 valence electrons. The quantitative estimate of drug-likeness (QED) is 0.743. The zero-order valence-electron chi connectivity index (χ0n) is 16.5. The molecular weight excluding hydrogens is 300 g/mol. The van der Waals surface area contributed by atoms with Crippen molar-refractivity contribution in [3.05, 3.63) is 0 Å². The minimum atomic E-state index is -0.158. The van der Waals surface area contributed by atoms with Gasteiger partial charge in [0.1, 0.15) is 0 Å². The Bertz CT molecular complexity index is 410. The molecule has 0 aromatic rings. The van der Waals surface area contributed by atoms with Crippen LogP contribution >= 0.6 is 0 Å². The van der Waals surface area contributed by atoms with Crippen molar-refractivity contribution in [2.75, 3.05) is 39.8 Å². The highest BCUT2D eigenvalue weighted by atomic mass is 16.1. The Labute approximate surface area is 148 Å². The fourth-order valence-corrected chi connectivity index (χ4v) is 4.65. The summed E-state index contributed by atoms with van der Waals surface area (Å²) in [4.78, 5) is 16.5. The predicted molar refractivity (Wildman–Crippen MR) is 100 cm³/mol. The third-order valence-corrected chi connectivity index (χ3v) is 5.82. The molecule has 2 fully saturated rings. The monoisotopic (exact) mass is 338 g/mol. The number of carbonyl (C=O) groups is 1. The van der Waals surface area contributed by atoms with Crippen LogP contribution in [-0.4, -0.2) is 72.6 Å². The summed E-state index contributed by atoms with van der Waals surface area (Å²) < 4.78 is 0. The van der Waals surface area contributed by atoms with E-state index in [2.05, 4.69) is 48.3 Å². The molecule has 1 amide bonds. The van der Waals surface area contributed by atoms with Crippen LogP contribution in [0.1, 0.15) is 59.8 Å². The van der Waals surface area contributed by atoms with Crippen molar-refractivity contribution < 1.29 is 4.79 Å². The third-order valence-electron chi connectivity index (χ3n) is 5.82. The lowest BCUT2D eigenvalue weighted by Crippen LogP contribution is -2.60. The van der Waals surface area contributed by atoms with E-state index in [0.717, 1.165) is 13.0 Å². The lowest BCUT2D eigenvalue weighted by molar-refractivity contribution is -0.120. The number of nitrogens with one attached hydrogen (secondary N) is 2. The SMILES string of the molecule is CC(=O)NC(C)(C)CC(C)NCC1(N2CCN(C)CC2)CCCC1. The van der Waals surface area contributed by atoms with Crippen LogP contribution in [0.25, 0.3) is 0 Å². The zero-order valence-corrected chi connectivity index (χ0v) is 16.5. The summed E-state index contributed by atoms with van der Waals surface area (Å²) in [7, 11) is 2.23. The van der Waals surface area contributed by atoms with Gasteiger partial charge in [-0.1, -0.05) is 12.8 Å². The molecule has 24 heavy (non-hydrogen) atoms. The molecule has 1 aliphatic heterocycles. The Morgan fingerprint density at radius 2 is 1.75 bits per heavy atom. The van der Waals surface area contributed by atoms with Crippen LogP contribution in [0.15, 0.2) is 0 Å². The maximum absolute atomic E-state index is 11.3. The number of hydrogen-bond acceptors (Lipinski definition) is 4. The second-order valence-corrected chi connectivity index (χ2v) is 8.77. The number of carbonyl (C=O) groups excluding carboxylic acids is 1. The van der Waals surface area contributed by atoms with Gasteiger partial charge in [-0.05, 0) is 47.1 Å². The molecule has 1 saturated heterocycles. The first-order valence-corrected chi connectivity index (χ1v) is 9.68. The molecule has 1 atom stereocenters. The highest BCUT2D eigenvalue weighted by Crippen LogP contribution is 2.35. The van der Waals surface area contributed by atoms with Crippen molar-refractivity contribution in [1.29, 1.82) is 0 Å². The van der Waals surface area contributed by atoms with Gasteiger partial charge in [0.05, 0.1) is 0 Å². The molecule has 1 aliphatic carbocycles. The second kappa shape index (κ2) is 8.15. The van der Waals surface area contributed by atoms with Crippen molar-refractivity contribution >= 4 is 5.91 Å². The molecule has 1 saturated carbocycles. The van der Waals surface area contributed by atoms with Gasteiger partial charge in [0.25, 0.3) is 0 Å². The highest BCUT2D eigenvalue weighted by Gasteiger charge is 2.40. The van der Waals surface area contributed by atoms with Gasteiger partial charge in [0.15, 0.2) is 0 Å². The van der Waals surface area contributed by atoms with Gasteiger partial charge in [-0.2, -0.15) is 0 Å². The average Bonchev–Trinajstić information content (AvgIpc) is 2.94. The zero-order chi connectivity index (χ0) is 17.8. The van der Waals surface area contributed by atoms with Gasteiger partial charge in [0, 0.05) is 56.8 Å². The van der Waals surface area contributed by atoms with Gasteiger partial charge in [-0.3, -0.25) is 9.69 Å². The fraction of sp³-hybridized carbons (Fsp3) is 0.947. The molecule has 1 heterocycles. The Morgan fingerprint density at radius 1 is 1.17 bits per heavy atom. The molecule has 2 N–H and O–H groups in total. The number of likely N-dealkylation sites (N-methyl/N-ethyl adjacent to an activating group) is 1. The van der Waals surface area contributed by atoms with Crippen molar-refractivity contribution in [3.63, 3.8) is 0 Å². The van der Waals surface area contributed by atoms with Gasteiger partial charge in [-0.25, -0.2) is 0 Å².